The van der Waals surface area contributed by atoms with Crippen molar-refractivity contribution in [3.05, 3.63) is 0 Å². The SMILES string of the molecule is CCCCCCCCCCCCCCCCC(C)CCCCCCCl. The van der Waals surface area contributed by atoms with E-state index in [1.165, 1.54) is 128 Å². The van der Waals surface area contributed by atoms with Crippen LogP contribution in [0.25, 0.3) is 0 Å². The Hall–Kier alpha value is 0.290. The summed E-state index contributed by atoms with van der Waals surface area (Å²) in [5.41, 5.74) is 0. The van der Waals surface area contributed by atoms with E-state index in [0.717, 1.165) is 11.8 Å². The maximum Gasteiger partial charge on any atom is 0.0223 e. The predicted octanol–water partition coefficient (Wildman–Crippen LogP) is 9.68. The van der Waals surface area contributed by atoms with Crippen LogP contribution in [0.15, 0.2) is 0 Å². The summed E-state index contributed by atoms with van der Waals surface area (Å²) in [4.78, 5) is 0. The quantitative estimate of drug-likeness (QED) is 0.139. The zero-order valence-corrected chi connectivity index (χ0v) is 18.6. The van der Waals surface area contributed by atoms with Crippen LogP contribution < -0.4 is 0 Å². The molecule has 1 heteroatoms. The van der Waals surface area contributed by atoms with Gasteiger partial charge in [0.15, 0.2) is 0 Å². The zero-order chi connectivity index (χ0) is 18.4. The minimum atomic E-state index is 0.842. The molecule has 0 amide bonds. The molecular weight excluding hydrogens is 324 g/mol. The molecule has 0 radical (unpaired) electrons. The van der Waals surface area contributed by atoms with Gasteiger partial charge < -0.3 is 0 Å². The zero-order valence-electron chi connectivity index (χ0n) is 17.8. The molecule has 25 heavy (non-hydrogen) atoms. The van der Waals surface area contributed by atoms with E-state index in [0.29, 0.717) is 0 Å². The number of hydrogen-bond donors (Lipinski definition) is 0. The van der Waals surface area contributed by atoms with Gasteiger partial charge in [0.25, 0.3) is 0 Å². The summed E-state index contributed by atoms with van der Waals surface area (Å²) in [7, 11) is 0. The maximum absolute atomic E-state index is 5.72. The summed E-state index contributed by atoms with van der Waals surface area (Å²) < 4.78 is 0. The van der Waals surface area contributed by atoms with Gasteiger partial charge in [-0.2, -0.15) is 0 Å². The Bertz CT molecular complexity index is 226. The lowest BCUT2D eigenvalue weighted by molar-refractivity contribution is 0.433. The Kier molecular flexibility index (Phi) is 22.6. The minimum absolute atomic E-state index is 0.842. The fourth-order valence-electron chi connectivity index (χ4n) is 3.77. The number of hydrogen-bond acceptors (Lipinski definition) is 0. The highest BCUT2D eigenvalue weighted by Gasteiger charge is 2.02. The van der Waals surface area contributed by atoms with E-state index in [9.17, 15) is 0 Å². The van der Waals surface area contributed by atoms with Crippen LogP contribution in [0.1, 0.15) is 142 Å². The molecule has 0 aliphatic carbocycles. The van der Waals surface area contributed by atoms with Crippen molar-refractivity contribution in [3.8, 4) is 0 Å². The van der Waals surface area contributed by atoms with Crippen LogP contribution in [0.5, 0.6) is 0 Å². The summed E-state index contributed by atoms with van der Waals surface area (Å²) in [5, 5.41) is 0. The van der Waals surface area contributed by atoms with Crippen molar-refractivity contribution in [2.24, 2.45) is 5.92 Å². The topological polar surface area (TPSA) is 0 Å². The van der Waals surface area contributed by atoms with Crippen molar-refractivity contribution in [2.45, 2.75) is 142 Å². The van der Waals surface area contributed by atoms with E-state index in [4.69, 9.17) is 11.6 Å². The van der Waals surface area contributed by atoms with E-state index in [-0.39, 0.29) is 0 Å². The van der Waals surface area contributed by atoms with Gasteiger partial charge >= 0.3 is 0 Å². The molecule has 0 aromatic carbocycles. The summed E-state index contributed by atoms with van der Waals surface area (Å²) in [6.07, 6.45) is 28.7. The standard InChI is InChI=1S/C24H49Cl/c1-3-4-5-6-7-8-9-10-11-12-13-14-15-18-21-24(2)22-19-16-17-20-23-25/h24H,3-23H2,1-2H3. The third kappa shape index (κ3) is 22.2. The second kappa shape index (κ2) is 22.3. The van der Waals surface area contributed by atoms with Gasteiger partial charge in [-0.25, -0.2) is 0 Å². The molecule has 0 heterocycles. The van der Waals surface area contributed by atoms with Crippen molar-refractivity contribution in [2.75, 3.05) is 5.88 Å². The summed E-state index contributed by atoms with van der Waals surface area (Å²) in [6.45, 7) is 4.75. The maximum atomic E-state index is 5.72. The first-order chi connectivity index (χ1) is 12.3. The van der Waals surface area contributed by atoms with Crippen LogP contribution in [0.2, 0.25) is 0 Å². The average Bonchev–Trinajstić information content (AvgIpc) is 2.62. The third-order valence-corrected chi connectivity index (χ3v) is 5.90. The number of alkyl halides is 1. The highest BCUT2D eigenvalue weighted by Crippen LogP contribution is 2.18. The molecule has 0 aliphatic rings. The number of unbranched alkanes of at least 4 members (excludes halogenated alkanes) is 16. The molecule has 0 rings (SSSR count). The lowest BCUT2D eigenvalue weighted by atomic mass is 9.96. The fraction of sp³-hybridized carbons (Fsp3) is 1.00. The first-order valence-electron chi connectivity index (χ1n) is 11.9. The van der Waals surface area contributed by atoms with Crippen molar-refractivity contribution in [1.82, 2.24) is 0 Å². The van der Waals surface area contributed by atoms with E-state index >= 15 is 0 Å². The molecule has 152 valence electrons. The van der Waals surface area contributed by atoms with Gasteiger partial charge in [0.1, 0.15) is 0 Å². The van der Waals surface area contributed by atoms with Gasteiger partial charge in [-0.3, -0.25) is 0 Å². The summed E-state index contributed by atoms with van der Waals surface area (Å²) in [5.74, 6) is 1.78. The Morgan fingerprint density at radius 3 is 1.16 bits per heavy atom. The minimum Gasteiger partial charge on any atom is -0.127 e. The molecule has 0 saturated heterocycles. The van der Waals surface area contributed by atoms with E-state index in [2.05, 4.69) is 13.8 Å². The molecule has 0 nitrogen and oxygen atoms in total. The number of rotatable bonds is 21. The van der Waals surface area contributed by atoms with Crippen LogP contribution >= 0.6 is 11.6 Å². The smallest absolute Gasteiger partial charge is 0.0223 e. The number of halogens is 1. The van der Waals surface area contributed by atoms with E-state index in [1.54, 1.807) is 0 Å². The van der Waals surface area contributed by atoms with Gasteiger partial charge in [-0.05, 0) is 12.3 Å². The molecule has 0 aliphatic heterocycles. The molecule has 0 aromatic rings. The normalized spacial score (nSPS) is 12.6. The van der Waals surface area contributed by atoms with Crippen LogP contribution in [0.3, 0.4) is 0 Å². The molecule has 0 fully saturated rings. The van der Waals surface area contributed by atoms with Crippen LogP contribution in [-0.4, -0.2) is 5.88 Å². The molecule has 0 aromatic heterocycles. The fourth-order valence-corrected chi connectivity index (χ4v) is 3.96. The van der Waals surface area contributed by atoms with Crippen LogP contribution in [0, 0.1) is 5.92 Å². The first kappa shape index (κ1) is 25.3. The monoisotopic (exact) mass is 372 g/mol. The van der Waals surface area contributed by atoms with Crippen molar-refractivity contribution < 1.29 is 0 Å². The summed E-state index contributed by atoms with van der Waals surface area (Å²) >= 11 is 5.72. The van der Waals surface area contributed by atoms with Crippen molar-refractivity contribution in [3.63, 3.8) is 0 Å². The Labute approximate surface area is 165 Å². The van der Waals surface area contributed by atoms with Crippen molar-refractivity contribution in [1.29, 1.82) is 0 Å². The van der Waals surface area contributed by atoms with Gasteiger partial charge in [0.05, 0.1) is 0 Å². The summed E-state index contributed by atoms with van der Waals surface area (Å²) in [6, 6.07) is 0. The molecule has 0 saturated carbocycles. The molecule has 0 N–H and O–H groups in total. The lowest BCUT2D eigenvalue weighted by Gasteiger charge is -2.10. The van der Waals surface area contributed by atoms with Gasteiger partial charge in [0, 0.05) is 5.88 Å². The highest BCUT2D eigenvalue weighted by atomic mass is 35.5. The molecule has 1 atom stereocenters. The Morgan fingerprint density at radius 1 is 0.480 bits per heavy atom. The van der Waals surface area contributed by atoms with E-state index in [1.807, 2.05) is 0 Å². The predicted molar refractivity (Wildman–Crippen MR) is 118 cm³/mol. The Balaban J connectivity index is 3.08. The third-order valence-electron chi connectivity index (χ3n) is 5.63. The Morgan fingerprint density at radius 2 is 0.800 bits per heavy atom. The van der Waals surface area contributed by atoms with Gasteiger partial charge in [-0.1, -0.05) is 136 Å². The van der Waals surface area contributed by atoms with Crippen molar-refractivity contribution >= 4 is 11.6 Å². The second-order valence-electron chi connectivity index (χ2n) is 8.38. The second-order valence-corrected chi connectivity index (χ2v) is 8.76. The highest BCUT2D eigenvalue weighted by molar-refractivity contribution is 6.17. The molecule has 0 bridgehead atoms. The van der Waals surface area contributed by atoms with Gasteiger partial charge in [-0.15, -0.1) is 11.6 Å². The van der Waals surface area contributed by atoms with Gasteiger partial charge in [0.2, 0.25) is 0 Å². The van der Waals surface area contributed by atoms with Crippen LogP contribution in [0.4, 0.5) is 0 Å². The molecular formula is C24H49Cl. The first-order valence-corrected chi connectivity index (χ1v) is 12.4. The molecule has 1 unspecified atom stereocenters. The average molecular weight is 373 g/mol. The van der Waals surface area contributed by atoms with E-state index < -0.39 is 0 Å². The lowest BCUT2D eigenvalue weighted by Crippen LogP contribution is -1.95. The van der Waals surface area contributed by atoms with Crippen LogP contribution in [-0.2, 0) is 0 Å². The largest absolute Gasteiger partial charge is 0.127 e. The molecule has 0 spiro atoms.